The highest BCUT2D eigenvalue weighted by Gasteiger charge is 2.38. The Hall–Kier alpha value is -5.41. The number of amides is 5. The van der Waals surface area contributed by atoms with Gasteiger partial charge in [-0.2, -0.15) is 0 Å². The van der Waals surface area contributed by atoms with E-state index in [1.165, 1.54) is 12.2 Å². The zero-order chi connectivity index (χ0) is 56.4. The predicted molar refractivity (Wildman–Crippen MR) is 286 cm³/mol. The molecule has 0 fully saturated rings. The number of hydrogen-bond donors (Lipinski definition) is 3. The molecule has 1 aromatic heterocycles. The molecule has 0 radical (unpaired) electrons. The molecule has 0 saturated heterocycles. The number of hydrogen-bond acceptors (Lipinski definition) is 16. The number of ether oxygens (including phenoxy) is 8. The number of nitrogens with two attached hydrogens (primary N) is 1. The Balaban J connectivity index is 0.966. The van der Waals surface area contributed by atoms with Crippen LogP contribution < -0.4 is 16.4 Å². The van der Waals surface area contributed by atoms with Crippen LogP contribution in [0, 0.1) is 17.0 Å². The number of nitrogens with one attached hydrogen (secondary N) is 2. The van der Waals surface area contributed by atoms with Crippen LogP contribution >= 0.6 is 0 Å². The SMILES string of the molecule is CC(C)(C)C(c1nc(-c2cc(F)ccc2F)cn1Cc1ccccc1)N(CCCN)C(=O)CS(=O)CCNC(=O)CCOCCOCCOCCOCCOCCOCCOCCOCCNC(=O)CCN1C(=O)C=CC1=O. The molecule has 78 heavy (non-hydrogen) atoms. The van der Waals surface area contributed by atoms with Gasteiger partial charge in [0.25, 0.3) is 11.8 Å². The van der Waals surface area contributed by atoms with E-state index < -0.39 is 45.7 Å². The lowest BCUT2D eigenvalue weighted by Gasteiger charge is -2.40. The van der Waals surface area contributed by atoms with Gasteiger partial charge in [-0.1, -0.05) is 51.1 Å². The fourth-order valence-corrected chi connectivity index (χ4v) is 8.66. The van der Waals surface area contributed by atoms with Gasteiger partial charge in [-0.15, -0.1) is 0 Å². The van der Waals surface area contributed by atoms with Gasteiger partial charge in [0.05, 0.1) is 117 Å². The van der Waals surface area contributed by atoms with Gasteiger partial charge in [0.2, 0.25) is 17.7 Å². The van der Waals surface area contributed by atoms with Gasteiger partial charge >= 0.3 is 0 Å². The second-order valence-corrected chi connectivity index (χ2v) is 20.3. The van der Waals surface area contributed by atoms with E-state index in [2.05, 4.69) is 10.6 Å². The first-order chi connectivity index (χ1) is 37.7. The van der Waals surface area contributed by atoms with E-state index in [-0.39, 0.29) is 86.2 Å². The summed E-state index contributed by atoms with van der Waals surface area (Å²) in [6.45, 7) is 13.0. The van der Waals surface area contributed by atoms with Gasteiger partial charge in [-0.3, -0.25) is 33.1 Å². The molecule has 2 atom stereocenters. The molecular formula is C54H79F2N7O14S. The standard InChI is InChI=1S/C54H79F2N7O14S/c1-54(2,3)52(53-60-46(44-38-43(55)10-11-45(44)56)40-61(53)39-42-8-5-4-6-9-42)63(19-7-16-57)51(68)41-78(69)37-18-59-48(65)15-21-70-23-25-72-27-29-74-31-33-76-35-36-77-34-32-75-30-28-73-26-24-71-22-17-58-47(64)14-20-62-49(66)12-13-50(62)67/h4-6,8-13,38,40,52H,7,14-37,39,41,57H2,1-3H3,(H,58,64)(H,59,65). The largest absolute Gasteiger partial charge is 0.379 e. The zero-order valence-corrected chi connectivity index (χ0v) is 46.1. The maximum absolute atomic E-state index is 15.1. The van der Waals surface area contributed by atoms with Crippen LogP contribution in [0.5, 0.6) is 0 Å². The van der Waals surface area contributed by atoms with Crippen LogP contribution in [-0.2, 0) is 79.2 Å². The lowest BCUT2D eigenvalue weighted by atomic mass is 9.84. The number of carbonyl (C=O) groups excluding carboxylic acids is 5. The molecule has 434 valence electrons. The van der Waals surface area contributed by atoms with Crippen LogP contribution in [0.15, 0.2) is 66.9 Å². The molecule has 0 aliphatic carbocycles. The summed E-state index contributed by atoms with van der Waals surface area (Å²) in [5.41, 5.74) is 6.44. The molecule has 5 amide bonds. The number of imidazole rings is 1. The number of halogens is 2. The second-order valence-electron chi connectivity index (χ2n) is 18.8. The molecule has 2 heterocycles. The predicted octanol–water partition coefficient (Wildman–Crippen LogP) is 2.96. The summed E-state index contributed by atoms with van der Waals surface area (Å²) in [4.78, 5) is 69.0. The first-order valence-corrected chi connectivity index (χ1v) is 27.8. The van der Waals surface area contributed by atoms with Crippen molar-refractivity contribution >= 4 is 40.3 Å². The van der Waals surface area contributed by atoms with Crippen molar-refractivity contribution in [1.29, 1.82) is 0 Å². The summed E-state index contributed by atoms with van der Waals surface area (Å²) in [5.74, 6) is -2.82. The molecule has 21 nitrogen and oxygen atoms in total. The van der Waals surface area contributed by atoms with Crippen LogP contribution in [0.25, 0.3) is 11.3 Å². The monoisotopic (exact) mass is 1120 g/mol. The van der Waals surface area contributed by atoms with Crippen LogP contribution in [-0.4, -0.2) is 203 Å². The van der Waals surface area contributed by atoms with Crippen molar-refractivity contribution in [3.8, 4) is 11.3 Å². The Labute approximate surface area is 458 Å². The zero-order valence-electron chi connectivity index (χ0n) is 45.3. The van der Waals surface area contributed by atoms with Crippen molar-refractivity contribution < 1.29 is 74.9 Å². The third-order valence-corrected chi connectivity index (χ3v) is 12.8. The average Bonchev–Trinajstić information content (AvgIpc) is 3.96. The summed E-state index contributed by atoms with van der Waals surface area (Å²) in [7, 11) is -1.63. The number of aromatic nitrogens is 2. The smallest absolute Gasteiger partial charge is 0.253 e. The van der Waals surface area contributed by atoms with E-state index in [0.29, 0.717) is 124 Å². The molecule has 4 rings (SSSR count). The Morgan fingerprint density at radius 1 is 0.705 bits per heavy atom. The number of carbonyl (C=O) groups is 5. The number of rotatable bonds is 43. The first kappa shape index (κ1) is 65.1. The summed E-state index contributed by atoms with van der Waals surface area (Å²) in [6.07, 6.45) is 4.60. The maximum Gasteiger partial charge on any atom is 0.253 e. The molecule has 0 saturated carbocycles. The van der Waals surface area contributed by atoms with Gasteiger partial charge in [0.15, 0.2) is 0 Å². The highest BCUT2D eigenvalue weighted by atomic mass is 32.2. The van der Waals surface area contributed by atoms with Crippen LogP contribution in [0.4, 0.5) is 8.78 Å². The summed E-state index contributed by atoms with van der Waals surface area (Å²) < 4.78 is 88.5. The molecule has 2 aromatic carbocycles. The Morgan fingerprint density at radius 2 is 1.22 bits per heavy atom. The highest BCUT2D eigenvalue weighted by Crippen LogP contribution is 2.39. The maximum atomic E-state index is 15.1. The van der Waals surface area contributed by atoms with E-state index in [9.17, 15) is 32.6 Å². The first-order valence-electron chi connectivity index (χ1n) is 26.3. The molecule has 1 aliphatic heterocycles. The molecule has 3 aromatic rings. The van der Waals surface area contributed by atoms with E-state index in [0.717, 1.165) is 28.7 Å². The van der Waals surface area contributed by atoms with Crippen LogP contribution in [0.2, 0.25) is 0 Å². The average molecular weight is 1120 g/mol. The van der Waals surface area contributed by atoms with E-state index in [1.807, 2.05) is 55.7 Å². The summed E-state index contributed by atoms with van der Waals surface area (Å²) >= 11 is 0. The minimum absolute atomic E-state index is 0.00940. The molecule has 24 heteroatoms. The van der Waals surface area contributed by atoms with Crippen molar-refractivity contribution in [2.24, 2.45) is 11.1 Å². The van der Waals surface area contributed by atoms with E-state index in [1.54, 1.807) is 11.1 Å². The number of nitrogens with zero attached hydrogens (tertiary/aromatic N) is 4. The van der Waals surface area contributed by atoms with Crippen molar-refractivity contribution in [3.05, 3.63) is 89.9 Å². The highest BCUT2D eigenvalue weighted by molar-refractivity contribution is 7.85. The summed E-state index contributed by atoms with van der Waals surface area (Å²) in [5, 5.41) is 5.41. The molecular weight excluding hydrogens is 1040 g/mol. The van der Waals surface area contributed by atoms with Crippen molar-refractivity contribution in [3.63, 3.8) is 0 Å². The van der Waals surface area contributed by atoms with Crippen LogP contribution in [0.1, 0.15) is 57.5 Å². The topological polar surface area (TPSA) is 251 Å². The molecule has 0 spiro atoms. The van der Waals surface area contributed by atoms with Crippen molar-refractivity contribution in [2.75, 3.05) is 150 Å². The van der Waals surface area contributed by atoms with Gasteiger partial charge < -0.3 is 63.7 Å². The third kappa shape index (κ3) is 25.6. The van der Waals surface area contributed by atoms with Crippen LogP contribution in [0.3, 0.4) is 0 Å². The van der Waals surface area contributed by atoms with Gasteiger partial charge in [-0.25, -0.2) is 13.8 Å². The van der Waals surface area contributed by atoms with Gasteiger partial charge in [0, 0.05) is 86.0 Å². The van der Waals surface area contributed by atoms with Crippen molar-refractivity contribution in [1.82, 2.24) is 30.0 Å². The molecule has 4 N–H and O–H groups in total. The van der Waals surface area contributed by atoms with Gasteiger partial charge in [-0.05, 0) is 42.1 Å². The van der Waals surface area contributed by atoms with Gasteiger partial charge in [0.1, 0.15) is 23.2 Å². The van der Waals surface area contributed by atoms with E-state index in [4.69, 9.17) is 48.6 Å². The minimum Gasteiger partial charge on any atom is -0.379 e. The second kappa shape index (κ2) is 37.5. The molecule has 1 aliphatic rings. The Kier molecular flexibility index (Phi) is 31.3. The fourth-order valence-electron chi connectivity index (χ4n) is 7.74. The number of imide groups is 1. The minimum atomic E-state index is -1.63. The Morgan fingerprint density at radius 3 is 1.76 bits per heavy atom. The van der Waals surface area contributed by atoms with E-state index >= 15 is 4.39 Å². The molecule has 2 unspecified atom stereocenters. The quantitative estimate of drug-likeness (QED) is 0.0544. The summed E-state index contributed by atoms with van der Waals surface area (Å²) in [6, 6.07) is 12.1. The normalized spacial score (nSPS) is 13.3. The third-order valence-electron chi connectivity index (χ3n) is 11.6. The Bertz CT molecular complexity index is 2310. The lowest BCUT2D eigenvalue weighted by molar-refractivity contribution is -0.137. The lowest BCUT2D eigenvalue weighted by Crippen LogP contribution is -2.45. The van der Waals surface area contributed by atoms with Crippen molar-refractivity contribution in [2.45, 2.75) is 52.6 Å². The number of benzene rings is 2. The molecule has 0 bridgehead atoms. The fraction of sp³-hybridized carbons (Fsp3) is 0.593.